The number of hydrogen-bond acceptors (Lipinski definition) is 3. The minimum atomic E-state index is -0.145. The first-order valence-corrected chi connectivity index (χ1v) is 8.95. The predicted molar refractivity (Wildman–Crippen MR) is 99.7 cm³/mol. The van der Waals surface area contributed by atoms with Crippen LogP contribution in [-0.2, 0) is 19.3 Å². The lowest BCUT2D eigenvalue weighted by Crippen LogP contribution is -2.27. The zero-order chi connectivity index (χ0) is 17.9. The molecule has 1 aliphatic carbocycles. The van der Waals surface area contributed by atoms with E-state index in [0.29, 0.717) is 18.7 Å². The van der Waals surface area contributed by atoms with Crippen molar-refractivity contribution < 1.29 is 9.90 Å². The molecule has 0 saturated carbocycles. The Morgan fingerprint density at radius 3 is 2.65 bits per heavy atom. The molecule has 132 valence electrons. The summed E-state index contributed by atoms with van der Waals surface area (Å²) in [5, 5.41) is 17.4. The fourth-order valence-corrected chi connectivity index (χ4v) is 3.52. The highest BCUT2D eigenvalue weighted by Gasteiger charge is 2.26. The average Bonchev–Trinajstić information content (AvgIpc) is 3.26. The highest BCUT2D eigenvalue weighted by atomic mass is 16.3. The van der Waals surface area contributed by atoms with Gasteiger partial charge in [0.15, 0.2) is 5.69 Å². The number of fused-ring (bicyclic) bond motifs is 1. The van der Waals surface area contributed by atoms with E-state index in [1.807, 2.05) is 47.1 Å². The molecule has 2 N–H and O–H groups in total. The molecule has 5 nitrogen and oxygen atoms in total. The molecule has 3 aromatic rings. The number of carbonyl (C=O) groups is 1. The fraction of sp³-hybridized carbons (Fsp3) is 0.238. The van der Waals surface area contributed by atoms with Crippen LogP contribution in [0.5, 0.6) is 5.75 Å². The monoisotopic (exact) mass is 347 g/mol. The summed E-state index contributed by atoms with van der Waals surface area (Å²) in [7, 11) is 0. The van der Waals surface area contributed by atoms with Crippen LogP contribution in [0.25, 0.3) is 5.69 Å². The SMILES string of the molecule is O=C(NCCc1ccccc1O)c1nn(-c2ccccc2)c2c1CCC2. The largest absolute Gasteiger partial charge is 0.508 e. The lowest BCUT2D eigenvalue weighted by Gasteiger charge is -2.06. The van der Waals surface area contributed by atoms with Gasteiger partial charge in [-0.2, -0.15) is 5.10 Å². The number of hydrogen-bond donors (Lipinski definition) is 2. The molecule has 0 bridgehead atoms. The first-order chi connectivity index (χ1) is 12.7. The van der Waals surface area contributed by atoms with E-state index in [0.717, 1.165) is 41.8 Å². The molecule has 0 unspecified atom stereocenters. The van der Waals surface area contributed by atoms with Gasteiger partial charge in [-0.15, -0.1) is 0 Å². The van der Waals surface area contributed by atoms with Crippen LogP contribution < -0.4 is 5.32 Å². The van der Waals surface area contributed by atoms with Gasteiger partial charge in [-0.05, 0) is 49.4 Å². The summed E-state index contributed by atoms with van der Waals surface area (Å²) >= 11 is 0. The Morgan fingerprint density at radius 1 is 1.08 bits per heavy atom. The van der Waals surface area contributed by atoms with E-state index < -0.39 is 0 Å². The normalized spacial score (nSPS) is 12.8. The maximum atomic E-state index is 12.7. The third-order valence-corrected chi connectivity index (χ3v) is 4.82. The average molecular weight is 347 g/mol. The second kappa shape index (κ2) is 7.04. The zero-order valence-electron chi connectivity index (χ0n) is 14.5. The highest BCUT2D eigenvalue weighted by molar-refractivity contribution is 5.94. The number of nitrogens with zero attached hydrogens (tertiary/aromatic N) is 2. The van der Waals surface area contributed by atoms with E-state index in [2.05, 4.69) is 10.4 Å². The molecule has 1 aromatic heterocycles. The van der Waals surface area contributed by atoms with Gasteiger partial charge in [-0.1, -0.05) is 36.4 Å². The van der Waals surface area contributed by atoms with Crippen LogP contribution in [0.1, 0.15) is 33.7 Å². The molecule has 1 heterocycles. The quantitative estimate of drug-likeness (QED) is 0.745. The summed E-state index contributed by atoms with van der Waals surface area (Å²) in [6.45, 7) is 0.462. The molecule has 1 aliphatic rings. The summed E-state index contributed by atoms with van der Waals surface area (Å²) in [6, 6.07) is 17.1. The van der Waals surface area contributed by atoms with Crippen LogP contribution in [0.3, 0.4) is 0 Å². The van der Waals surface area contributed by atoms with Crippen LogP contribution in [0.2, 0.25) is 0 Å². The standard InChI is InChI=1S/C21H21N3O2/c25-19-12-5-4-7-15(19)13-14-22-21(26)20-17-10-6-11-18(17)24(23-20)16-8-2-1-3-9-16/h1-5,7-9,12,25H,6,10-11,13-14H2,(H,22,26). The van der Waals surface area contributed by atoms with Crippen molar-refractivity contribution in [3.8, 4) is 11.4 Å². The molecule has 2 aromatic carbocycles. The van der Waals surface area contributed by atoms with E-state index in [-0.39, 0.29) is 11.7 Å². The molecule has 0 aliphatic heterocycles. The van der Waals surface area contributed by atoms with Gasteiger partial charge in [0, 0.05) is 17.8 Å². The number of para-hydroxylation sites is 2. The van der Waals surface area contributed by atoms with Crippen molar-refractivity contribution in [2.45, 2.75) is 25.7 Å². The smallest absolute Gasteiger partial charge is 0.272 e. The van der Waals surface area contributed by atoms with E-state index >= 15 is 0 Å². The molecule has 0 fully saturated rings. The summed E-state index contributed by atoms with van der Waals surface area (Å²) in [4.78, 5) is 12.7. The molecular formula is C21H21N3O2. The summed E-state index contributed by atoms with van der Waals surface area (Å²) in [6.07, 6.45) is 3.48. The lowest BCUT2D eigenvalue weighted by molar-refractivity contribution is 0.0947. The Bertz CT molecular complexity index is 932. The zero-order valence-corrected chi connectivity index (χ0v) is 14.5. The van der Waals surface area contributed by atoms with Gasteiger partial charge in [0.1, 0.15) is 5.75 Å². The van der Waals surface area contributed by atoms with Crippen LogP contribution in [0, 0.1) is 0 Å². The Labute approximate surface area is 152 Å². The fourth-order valence-electron chi connectivity index (χ4n) is 3.52. The van der Waals surface area contributed by atoms with E-state index in [4.69, 9.17) is 0 Å². The number of benzene rings is 2. The van der Waals surface area contributed by atoms with Gasteiger partial charge in [0.05, 0.1) is 5.69 Å². The summed E-state index contributed by atoms with van der Waals surface area (Å²) < 4.78 is 1.90. The van der Waals surface area contributed by atoms with Crippen molar-refractivity contribution in [2.24, 2.45) is 0 Å². The van der Waals surface area contributed by atoms with Crippen LogP contribution in [0.4, 0.5) is 0 Å². The maximum absolute atomic E-state index is 12.7. The molecule has 5 heteroatoms. The van der Waals surface area contributed by atoms with Gasteiger partial charge in [-0.25, -0.2) is 4.68 Å². The molecule has 4 rings (SSSR count). The number of nitrogens with one attached hydrogen (secondary N) is 1. The molecule has 26 heavy (non-hydrogen) atoms. The first kappa shape index (κ1) is 16.4. The maximum Gasteiger partial charge on any atom is 0.272 e. The third-order valence-electron chi connectivity index (χ3n) is 4.82. The Hall–Kier alpha value is -3.08. The number of phenolic OH excluding ortho intramolecular Hbond substituents is 1. The number of aromatic hydroxyl groups is 1. The Kier molecular flexibility index (Phi) is 4.44. The second-order valence-corrected chi connectivity index (χ2v) is 6.51. The van der Waals surface area contributed by atoms with Gasteiger partial charge in [0.2, 0.25) is 0 Å². The number of amides is 1. The van der Waals surface area contributed by atoms with Gasteiger partial charge >= 0.3 is 0 Å². The minimum absolute atomic E-state index is 0.145. The lowest BCUT2D eigenvalue weighted by atomic mass is 10.1. The third kappa shape index (κ3) is 3.08. The molecule has 0 saturated heterocycles. The van der Waals surface area contributed by atoms with Crippen molar-refractivity contribution in [1.29, 1.82) is 0 Å². The molecule has 0 spiro atoms. The van der Waals surface area contributed by atoms with E-state index in [1.165, 1.54) is 0 Å². The molecular weight excluding hydrogens is 326 g/mol. The highest BCUT2D eigenvalue weighted by Crippen LogP contribution is 2.27. The van der Waals surface area contributed by atoms with Crippen LogP contribution in [0.15, 0.2) is 54.6 Å². The molecule has 0 radical (unpaired) electrons. The van der Waals surface area contributed by atoms with Crippen molar-refractivity contribution >= 4 is 5.91 Å². The number of aromatic nitrogens is 2. The van der Waals surface area contributed by atoms with Crippen molar-refractivity contribution in [1.82, 2.24) is 15.1 Å². The van der Waals surface area contributed by atoms with Gasteiger partial charge < -0.3 is 10.4 Å². The number of rotatable bonds is 5. The summed E-state index contributed by atoms with van der Waals surface area (Å²) in [5.74, 6) is 0.115. The second-order valence-electron chi connectivity index (χ2n) is 6.51. The predicted octanol–water partition coefficient (Wildman–Crippen LogP) is 3.04. The van der Waals surface area contributed by atoms with Crippen molar-refractivity contribution in [2.75, 3.05) is 6.54 Å². The Balaban J connectivity index is 1.51. The molecule has 1 amide bonds. The van der Waals surface area contributed by atoms with Gasteiger partial charge in [-0.3, -0.25) is 4.79 Å². The van der Waals surface area contributed by atoms with Crippen molar-refractivity contribution in [3.05, 3.63) is 77.1 Å². The van der Waals surface area contributed by atoms with E-state index in [1.54, 1.807) is 12.1 Å². The van der Waals surface area contributed by atoms with Crippen LogP contribution >= 0.6 is 0 Å². The topological polar surface area (TPSA) is 67.2 Å². The minimum Gasteiger partial charge on any atom is -0.508 e. The van der Waals surface area contributed by atoms with Crippen molar-refractivity contribution in [3.63, 3.8) is 0 Å². The van der Waals surface area contributed by atoms with Gasteiger partial charge in [0.25, 0.3) is 5.91 Å². The summed E-state index contributed by atoms with van der Waals surface area (Å²) in [5.41, 5.74) is 4.54. The van der Waals surface area contributed by atoms with E-state index in [9.17, 15) is 9.90 Å². The Morgan fingerprint density at radius 2 is 1.85 bits per heavy atom. The first-order valence-electron chi connectivity index (χ1n) is 8.95. The number of carbonyl (C=O) groups excluding carboxylic acids is 1. The number of phenols is 1. The molecule has 0 atom stereocenters. The van der Waals surface area contributed by atoms with Crippen LogP contribution in [-0.4, -0.2) is 27.3 Å².